The predicted molar refractivity (Wildman–Crippen MR) is 88.8 cm³/mol. The van der Waals surface area contributed by atoms with Gasteiger partial charge in [0.1, 0.15) is 5.82 Å². The number of methoxy groups -OCH3 is 1. The Hall–Kier alpha value is -1.53. The molecule has 2 atom stereocenters. The number of pyridine rings is 1. The molecule has 6 heteroatoms. The molecular weight excluding hydrogens is 309 g/mol. The summed E-state index contributed by atoms with van der Waals surface area (Å²) in [6.45, 7) is 3.57. The Morgan fingerprint density at radius 1 is 1.42 bits per heavy atom. The summed E-state index contributed by atoms with van der Waals surface area (Å²) in [5.74, 6) is 0.468. The second-order valence-corrected chi connectivity index (χ2v) is 6.76. The number of nitrogens with zero attached hydrogens (tertiary/aromatic N) is 3. The summed E-state index contributed by atoms with van der Waals surface area (Å²) in [4.78, 5) is 20.9. The highest BCUT2D eigenvalue weighted by molar-refractivity contribution is 5.76. The van der Waals surface area contributed by atoms with Gasteiger partial charge in [0, 0.05) is 51.9 Å². The number of rotatable bonds is 5. The number of hydrogen-bond donors (Lipinski definition) is 0. The normalized spacial score (nSPS) is 25.4. The van der Waals surface area contributed by atoms with E-state index in [0.29, 0.717) is 43.8 Å². The third-order valence-corrected chi connectivity index (χ3v) is 5.21. The largest absolute Gasteiger partial charge is 0.383 e. The number of aromatic nitrogens is 1. The molecule has 3 heterocycles. The molecule has 0 saturated carbocycles. The maximum atomic E-state index is 13.8. The van der Waals surface area contributed by atoms with Crippen molar-refractivity contribution in [3.63, 3.8) is 0 Å². The van der Waals surface area contributed by atoms with E-state index in [9.17, 15) is 9.18 Å². The zero-order valence-electron chi connectivity index (χ0n) is 14.3. The molecule has 0 aliphatic carbocycles. The van der Waals surface area contributed by atoms with Crippen molar-refractivity contribution in [1.29, 1.82) is 0 Å². The van der Waals surface area contributed by atoms with Crippen LogP contribution in [0.4, 0.5) is 4.39 Å². The lowest BCUT2D eigenvalue weighted by Crippen LogP contribution is -2.52. The van der Waals surface area contributed by atoms with Gasteiger partial charge in [0.25, 0.3) is 0 Å². The van der Waals surface area contributed by atoms with Crippen LogP contribution in [0.5, 0.6) is 0 Å². The van der Waals surface area contributed by atoms with Crippen molar-refractivity contribution in [3.05, 3.63) is 29.8 Å². The van der Waals surface area contributed by atoms with Gasteiger partial charge in [-0.1, -0.05) is 0 Å². The molecule has 5 nitrogen and oxygen atoms in total. The molecule has 0 radical (unpaired) electrons. The van der Waals surface area contributed by atoms with E-state index in [0.717, 1.165) is 32.4 Å². The highest BCUT2D eigenvalue weighted by Crippen LogP contribution is 2.31. The monoisotopic (exact) mass is 335 g/mol. The Morgan fingerprint density at radius 2 is 2.29 bits per heavy atom. The number of piperidine rings is 1. The third-order valence-electron chi connectivity index (χ3n) is 5.21. The smallest absolute Gasteiger partial charge is 0.222 e. The van der Waals surface area contributed by atoms with Gasteiger partial charge in [-0.05, 0) is 37.3 Å². The molecule has 1 aromatic heterocycles. The Balaban J connectivity index is 1.66. The molecular formula is C18H26FN3O2. The number of carbonyl (C=O) groups excluding carboxylic acids is 1. The Bertz CT molecular complexity index is 569. The van der Waals surface area contributed by atoms with Gasteiger partial charge in [-0.2, -0.15) is 0 Å². The lowest BCUT2D eigenvalue weighted by molar-refractivity contribution is -0.135. The van der Waals surface area contributed by atoms with Crippen molar-refractivity contribution in [1.82, 2.24) is 14.8 Å². The average Bonchev–Trinajstić information content (AvgIpc) is 2.73. The number of amides is 1. The fourth-order valence-corrected chi connectivity index (χ4v) is 4.00. The van der Waals surface area contributed by atoms with E-state index in [4.69, 9.17) is 4.74 Å². The van der Waals surface area contributed by atoms with Crippen LogP contribution >= 0.6 is 0 Å². The molecule has 0 spiro atoms. The molecule has 0 N–H and O–H groups in total. The van der Waals surface area contributed by atoms with Gasteiger partial charge < -0.3 is 9.64 Å². The van der Waals surface area contributed by atoms with Crippen LogP contribution in [0.15, 0.2) is 18.3 Å². The zero-order valence-corrected chi connectivity index (χ0v) is 14.3. The Morgan fingerprint density at radius 3 is 3.08 bits per heavy atom. The molecule has 0 aromatic carbocycles. The van der Waals surface area contributed by atoms with E-state index < -0.39 is 0 Å². The van der Waals surface area contributed by atoms with Crippen molar-refractivity contribution >= 4 is 5.91 Å². The summed E-state index contributed by atoms with van der Waals surface area (Å²) >= 11 is 0. The van der Waals surface area contributed by atoms with E-state index in [1.165, 1.54) is 6.07 Å². The van der Waals surface area contributed by atoms with Crippen LogP contribution in [0, 0.1) is 11.7 Å². The third kappa shape index (κ3) is 3.92. The molecule has 2 saturated heterocycles. The fraction of sp³-hybridized carbons (Fsp3) is 0.667. The summed E-state index contributed by atoms with van der Waals surface area (Å²) in [5.41, 5.74) is 0.511. The maximum absolute atomic E-state index is 13.8. The van der Waals surface area contributed by atoms with Gasteiger partial charge >= 0.3 is 0 Å². The summed E-state index contributed by atoms with van der Waals surface area (Å²) in [6.07, 6.45) is 5.21. The molecule has 3 rings (SSSR count). The fourth-order valence-electron chi connectivity index (χ4n) is 4.00. The number of carbonyl (C=O) groups is 1. The Labute approximate surface area is 142 Å². The molecule has 1 aromatic rings. The molecule has 24 heavy (non-hydrogen) atoms. The molecule has 2 aliphatic heterocycles. The summed E-state index contributed by atoms with van der Waals surface area (Å²) in [7, 11) is 1.67. The maximum Gasteiger partial charge on any atom is 0.222 e. The van der Waals surface area contributed by atoms with Gasteiger partial charge in [0.2, 0.25) is 5.91 Å². The average molecular weight is 335 g/mol. The van der Waals surface area contributed by atoms with Crippen LogP contribution in [0.25, 0.3) is 0 Å². The first kappa shape index (κ1) is 17.3. The standard InChI is InChI=1S/C18H26FN3O2/c1-24-11-10-22-17-7-9-21(12-14(17)4-2-6-18(22)23)13-16-15(19)5-3-8-20-16/h3,5,8,14,17H,2,4,6-7,9-13H2,1H3/t14-,17+/m0/s1. The number of likely N-dealkylation sites (tertiary alicyclic amines) is 2. The van der Waals surface area contributed by atoms with Crippen LogP contribution in [0.1, 0.15) is 31.4 Å². The number of hydrogen-bond acceptors (Lipinski definition) is 4. The van der Waals surface area contributed by atoms with Crippen molar-refractivity contribution in [3.8, 4) is 0 Å². The lowest BCUT2D eigenvalue weighted by atomic mass is 9.88. The molecule has 0 unspecified atom stereocenters. The second kappa shape index (κ2) is 8.03. The topological polar surface area (TPSA) is 45.7 Å². The molecule has 1 amide bonds. The molecule has 132 valence electrons. The van der Waals surface area contributed by atoms with Gasteiger partial charge in [-0.3, -0.25) is 14.7 Å². The van der Waals surface area contributed by atoms with E-state index in [1.807, 2.05) is 4.90 Å². The summed E-state index contributed by atoms with van der Waals surface area (Å²) in [6, 6.07) is 3.38. The highest BCUT2D eigenvalue weighted by atomic mass is 19.1. The second-order valence-electron chi connectivity index (χ2n) is 6.76. The first-order valence-corrected chi connectivity index (χ1v) is 8.79. The van der Waals surface area contributed by atoms with Gasteiger partial charge in [0.15, 0.2) is 0 Å². The van der Waals surface area contributed by atoms with Crippen LogP contribution in [0.3, 0.4) is 0 Å². The number of halogens is 1. The minimum absolute atomic E-state index is 0.239. The predicted octanol–water partition coefficient (Wildman–Crippen LogP) is 2.07. The van der Waals surface area contributed by atoms with Crippen LogP contribution in [0.2, 0.25) is 0 Å². The van der Waals surface area contributed by atoms with Crippen molar-refractivity contribution in [2.24, 2.45) is 5.92 Å². The summed E-state index contributed by atoms with van der Waals surface area (Å²) in [5, 5.41) is 0. The lowest BCUT2D eigenvalue weighted by Gasteiger charge is -2.42. The number of ether oxygens (including phenoxy) is 1. The van der Waals surface area contributed by atoms with Gasteiger partial charge in [0.05, 0.1) is 12.3 Å². The SMILES string of the molecule is COCCN1C(=O)CCC[C@H]2CN(Cc3ncccc3F)CC[C@H]21. The highest BCUT2D eigenvalue weighted by Gasteiger charge is 2.37. The van der Waals surface area contributed by atoms with Crippen molar-refractivity contribution in [2.45, 2.75) is 38.3 Å². The Kier molecular flexibility index (Phi) is 5.79. The quantitative estimate of drug-likeness (QED) is 0.826. The van der Waals surface area contributed by atoms with E-state index >= 15 is 0 Å². The van der Waals surface area contributed by atoms with E-state index in [-0.39, 0.29) is 11.7 Å². The van der Waals surface area contributed by atoms with E-state index in [2.05, 4.69) is 9.88 Å². The van der Waals surface area contributed by atoms with Gasteiger partial charge in [-0.25, -0.2) is 4.39 Å². The zero-order chi connectivity index (χ0) is 16.9. The minimum atomic E-state index is -0.239. The molecule has 2 aliphatic rings. The first-order valence-electron chi connectivity index (χ1n) is 8.79. The van der Waals surface area contributed by atoms with Crippen molar-refractivity contribution in [2.75, 3.05) is 33.4 Å². The van der Waals surface area contributed by atoms with E-state index in [1.54, 1.807) is 19.4 Å². The molecule has 2 fully saturated rings. The first-order chi connectivity index (χ1) is 11.7. The van der Waals surface area contributed by atoms with Crippen molar-refractivity contribution < 1.29 is 13.9 Å². The van der Waals surface area contributed by atoms with Crippen LogP contribution in [-0.4, -0.2) is 60.1 Å². The minimum Gasteiger partial charge on any atom is -0.383 e. The molecule has 0 bridgehead atoms. The number of fused-ring (bicyclic) bond motifs is 1. The van der Waals surface area contributed by atoms with Crippen LogP contribution in [-0.2, 0) is 16.1 Å². The summed E-state index contributed by atoms with van der Waals surface area (Å²) < 4.78 is 19.0. The van der Waals surface area contributed by atoms with Crippen LogP contribution < -0.4 is 0 Å². The van der Waals surface area contributed by atoms with Gasteiger partial charge in [-0.15, -0.1) is 0 Å².